The number of hydrogen-bond acceptors (Lipinski definition) is 3. The van der Waals surface area contributed by atoms with Crippen molar-refractivity contribution in [1.82, 2.24) is 14.8 Å². The molecule has 0 bridgehead atoms. The molecule has 1 aliphatic heterocycles. The second-order valence-corrected chi connectivity index (χ2v) is 4.92. The molecule has 0 aliphatic carbocycles. The molecule has 0 N–H and O–H groups in total. The van der Waals surface area contributed by atoms with E-state index in [2.05, 4.69) is 46.2 Å². The third kappa shape index (κ3) is 1.98. The van der Waals surface area contributed by atoms with Gasteiger partial charge in [0.15, 0.2) is 5.82 Å². The van der Waals surface area contributed by atoms with Crippen LogP contribution in [0.4, 0.5) is 5.95 Å². The first-order valence-corrected chi connectivity index (χ1v) is 6.47. The number of nitrogens with zero attached hydrogens (tertiary/aromatic N) is 4. The summed E-state index contributed by atoms with van der Waals surface area (Å²) in [5, 5.41) is 4.52. The molecule has 94 valence electrons. The summed E-state index contributed by atoms with van der Waals surface area (Å²) in [4.78, 5) is 6.93. The van der Waals surface area contributed by atoms with Crippen LogP contribution in [-0.2, 0) is 7.05 Å². The van der Waals surface area contributed by atoms with Crippen molar-refractivity contribution in [3.8, 4) is 11.4 Å². The smallest absolute Gasteiger partial charge is 0.245 e. The van der Waals surface area contributed by atoms with Crippen LogP contribution in [0.1, 0.15) is 18.4 Å². The van der Waals surface area contributed by atoms with Gasteiger partial charge in [-0.25, -0.2) is 4.68 Å². The van der Waals surface area contributed by atoms with Gasteiger partial charge in [0.2, 0.25) is 5.95 Å². The Labute approximate surface area is 107 Å². The Hall–Kier alpha value is -1.84. The van der Waals surface area contributed by atoms with E-state index in [1.54, 1.807) is 0 Å². The third-order valence-corrected chi connectivity index (χ3v) is 3.45. The van der Waals surface area contributed by atoms with E-state index in [9.17, 15) is 0 Å². The molecule has 0 saturated carbocycles. The Bertz CT molecular complexity index is 535. The minimum atomic E-state index is 0.866. The van der Waals surface area contributed by atoms with Gasteiger partial charge in [0.05, 0.1) is 0 Å². The zero-order valence-corrected chi connectivity index (χ0v) is 10.9. The molecular formula is C14H18N4. The lowest BCUT2D eigenvalue weighted by Gasteiger charge is -2.10. The van der Waals surface area contributed by atoms with Gasteiger partial charge in [-0.1, -0.05) is 29.8 Å². The molecule has 3 rings (SSSR count). The highest BCUT2D eigenvalue weighted by atomic mass is 15.4. The van der Waals surface area contributed by atoms with Crippen LogP contribution in [-0.4, -0.2) is 27.9 Å². The Kier molecular flexibility index (Phi) is 2.78. The molecule has 1 fully saturated rings. The van der Waals surface area contributed by atoms with Crippen LogP contribution in [0.25, 0.3) is 11.4 Å². The Morgan fingerprint density at radius 1 is 1.06 bits per heavy atom. The monoisotopic (exact) mass is 242 g/mol. The first-order valence-electron chi connectivity index (χ1n) is 6.47. The van der Waals surface area contributed by atoms with Gasteiger partial charge in [0, 0.05) is 25.7 Å². The Balaban J connectivity index is 1.94. The fourth-order valence-corrected chi connectivity index (χ4v) is 2.38. The maximum absolute atomic E-state index is 4.67. The van der Waals surface area contributed by atoms with E-state index in [0.29, 0.717) is 0 Å². The molecule has 0 amide bonds. The van der Waals surface area contributed by atoms with E-state index in [-0.39, 0.29) is 0 Å². The van der Waals surface area contributed by atoms with Crippen molar-refractivity contribution in [3.05, 3.63) is 29.8 Å². The van der Waals surface area contributed by atoms with Crippen LogP contribution in [0, 0.1) is 6.92 Å². The van der Waals surface area contributed by atoms with E-state index in [0.717, 1.165) is 30.4 Å². The predicted octanol–water partition coefficient (Wildman–Crippen LogP) is 2.39. The topological polar surface area (TPSA) is 34.0 Å². The molecule has 4 nitrogen and oxygen atoms in total. The summed E-state index contributed by atoms with van der Waals surface area (Å²) in [6.07, 6.45) is 2.50. The van der Waals surface area contributed by atoms with Gasteiger partial charge in [-0.2, -0.15) is 4.98 Å². The molecule has 0 radical (unpaired) electrons. The van der Waals surface area contributed by atoms with Crippen molar-refractivity contribution >= 4 is 5.95 Å². The Morgan fingerprint density at radius 3 is 2.39 bits per heavy atom. The third-order valence-electron chi connectivity index (χ3n) is 3.45. The number of hydrogen-bond donors (Lipinski definition) is 0. The molecule has 0 spiro atoms. The molecule has 1 aliphatic rings. The van der Waals surface area contributed by atoms with E-state index in [1.165, 1.54) is 18.4 Å². The average Bonchev–Trinajstić information content (AvgIpc) is 2.99. The van der Waals surface area contributed by atoms with Gasteiger partial charge in [-0.15, -0.1) is 5.10 Å². The minimum absolute atomic E-state index is 0.866. The second kappa shape index (κ2) is 4.44. The van der Waals surface area contributed by atoms with E-state index in [4.69, 9.17) is 0 Å². The number of aryl methyl sites for hydroxylation is 2. The number of aromatic nitrogens is 3. The highest BCUT2D eigenvalue weighted by Crippen LogP contribution is 2.22. The molecule has 2 heterocycles. The average molecular weight is 242 g/mol. The number of benzene rings is 1. The van der Waals surface area contributed by atoms with Crippen molar-refractivity contribution in [2.24, 2.45) is 7.05 Å². The highest BCUT2D eigenvalue weighted by Gasteiger charge is 2.18. The molecule has 1 aromatic heterocycles. The lowest BCUT2D eigenvalue weighted by Crippen LogP contribution is -2.19. The number of rotatable bonds is 2. The molecule has 18 heavy (non-hydrogen) atoms. The first kappa shape index (κ1) is 11.3. The van der Waals surface area contributed by atoms with Gasteiger partial charge in [-0.05, 0) is 19.8 Å². The highest BCUT2D eigenvalue weighted by molar-refractivity contribution is 5.57. The lowest BCUT2D eigenvalue weighted by molar-refractivity contribution is 0.762. The quantitative estimate of drug-likeness (QED) is 0.811. The van der Waals surface area contributed by atoms with Crippen molar-refractivity contribution in [2.75, 3.05) is 18.0 Å². The predicted molar refractivity (Wildman–Crippen MR) is 72.6 cm³/mol. The first-order chi connectivity index (χ1) is 8.74. The van der Waals surface area contributed by atoms with Crippen LogP contribution in [0.3, 0.4) is 0 Å². The van der Waals surface area contributed by atoms with Crippen LogP contribution < -0.4 is 4.90 Å². The zero-order valence-electron chi connectivity index (χ0n) is 10.9. The summed E-state index contributed by atoms with van der Waals surface area (Å²) in [5.41, 5.74) is 2.39. The summed E-state index contributed by atoms with van der Waals surface area (Å²) in [6, 6.07) is 8.43. The van der Waals surface area contributed by atoms with Gasteiger partial charge in [0.1, 0.15) is 0 Å². The normalized spacial score (nSPS) is 15.3. The molecule has 1 saturated heterocycles. The van der Waals surface area contributed by atoms with Gasteiger partial charge in [-0.3, -0.25) is 0 Å². The standard InChI is InChI=1S/C14H18N4/c1-11-5-7-12(8-6-11)13-15-14(16-17(13)2)18-9-3-4-10-18/h5-8H,3-4,9-10H2,1-2H3. The van der Waals surface area contributed by atoms with Crippen molar-refractivity contribution in [1.29, 1.82) is 0 Å². The maximum Gasteiger partial charge on any atom is 0.245 e. The van der Waals surface area contributed by atoms with Gasteiger partial charge in [0.25, 0.3) is 0 Å². The minimum Gasteiger partial charge on any atom is -0.340 e. The summed E-state index contributed by atoms with van der Waals surface area (Å²) in [6.45, 7) is 4.25. The van der Waals surface area contributed by atoms with Crippen molar-refractivity contribution in [2.45, 2.75) is 19.8 Å². The van der Waals surface area contributed by atoms with Crippen LogP contribution in [0.2, 0.25) is 0 Å². The van der Waals surface area contributed by atoms with Crippen LogP contribution in [0.15, 0.2) is 24.3 Å². The van der Waals surface area contributed by atoms with E-state index < -0.39 is 0 Å². The van der Waals surface area contributed by atoms with E-state index >= 15 is 0 Å². The number of anilines is 1. The van der Waals surface area contributed by atoms with Gasteiger partial charge < -0.3 is 4.90 Å². The summed E-state index contributed by atoms with van der Waals surface area (Å²) in [5.74, 6) is 1.81. The fraction of sp³-hybridized carbons (Fsp3) is 0.429. The molecule has 0 unspecified atom stereocenters. The SMILES string of the molecule is Cc1ccc(-c2nc(N3CCCC3)nn2C)cc1. The zero-order chi connectivity index (χ0) is 12.5. The molecule has 2 aromatic rings. The largest absolute Gasteiger partial charge is 0.340 e. The molecule has 0 atom stereocenters. The van der Waals surface area contributed by atoms with Crippen molar-refractivity contribution < 1.29 is 0 Å². The molecule has 4 heteroatoms. The van der Waals surface area contributed by atoms with Crippen molar-refractivity contribution in [3.63, 3.8) is 0 Å². The molecule has 1 aromatic carbocycles. The summed E-state index contributed by atoms with van der Waals surface area (Å²) in [7, 11) is 1.96. The van der Waals surface area contributed by atoms with Gasteiger partial charge >= 0.3 is 0 Å². The van der Waals surface area contributed by atoms with Crippen LogP contribution in [0.5, 0.6) is 0 Å². The van der Waals surface area contributed by atoms with E-state index in [1.807, 2.05) is 11.7 Å². The molecular weight excluding hydrogens is 224 g/mol. The Morgan fingerprint density at radius 2 is 1.72 bits per heavy atom. The maximum atomic E-state index is 4.67. The fourth-order valence-electron chi connectivity index (χ4n) is 2.38. The summed E-state index contributed by atoms with van der Waals surface area (Å²) >= 11 is 0. The lowest BCUT2D eigenvalue weighted by atomic mass is 10.1. The van der Waals surface area contributed by atoms with Crippen LogP contribution >= 0.6 is 0 Å². The summed E-state index contributed by atoms with van der Waals surface area (Å²) < 4.78 is 1.87. The second-order valence-electron chi connectivity index (χ2n) is 4.92.